The summed E-state index contributed by atoms with van der Waals surface area (Å²) in [6, 6.07) is 1.45. The van der Waals surface area contributed by atoms with Crippen LogP contribution in [0.2, 0.25) is 0 Å². The molecule has 0 unspecified atom stereocenters. The molecule has 4 N–H and O–H groups in total. The first-order chi connectivity index (χ1) is 14.6. The highest BCUT2D eigenvalue weighted by molar-refractivity contribution is 5.93. The normalized spacial score (nSPS) is 11.4. The topological polar surface area (TPSA) is 115 Å². The number of carboxylic acid groups (broad SMARTS) is 2. The lowest BCUT2D eigenvalue weighted by Crippen LogP contribution is -2.06. The fraction of sp³-hybridized carbons (Fsp3) is 0.520. The van der Waals surface area contributed by atoms with E-state index in [0.29, 0.717) is 24.8 Å². The van der Waals surface area contributed by atoms with Crippen molar-refractivity contribution in [3.63, 3.8) is 0 Å². The molecular formula is C25H36O6. The van der Waals surface area contributed by atoms with Crippen LogP contribution in [0.5, 0.6) is 11.5 Å². The van der Waals surface area contributed by atoms with E-state index >= 15 is 0 Å². The summed E-state index contributed by atoms with van der Waals surface area (Å²) in [4.78, 5) is 22.3. The first-order valence-corrected chi connectivity index (χ1v) is 10.9. The zero-order chi connectivity index (χ0) is 23.4. The number of hydrogen-bond acceptors (Lipinski definition) is 4. The molecule has 0 amide bonds. The molecule has 0 fully saturated rings. The van der Waals surface area contributed by atoms with Crippen LogP contribution in [0.25, 0.3) is 0 Å². The number of aliphatic carboxylic acids is 1. The Morgan fingerprint density at radius 1 is 0.903 bits per heavy atom. The van der Waals surface area contributed by atoms with Gasteiger partial charge in [-0.05, 0) is 70.9 Å². The van der Waals surface area contributed by atoms with Crippen LogP contribution in [0.15, 0.2) is 29.4 Å². The molecule has 1 aromatic rings. The third-order valence-electron chi connectivity index (χ3n) is 5.26. The number of rotatable bonds is 14. The Hall–Kier alpha value is -2.76. The van der Waals surface area contributed by atoms with Crippen LogP contribution in [-0.2, 0) is 17.6 Å². The molecule has 0 aliphatic rings. The van der Waals surface area contributed by atoms with Gasteiger partial charge in [-0.25, -0.2) is 4.79 Å². The molecule has 6 nitrogen and oxygen atoms in total. The second-order valence-corrected chi connectivity index (χ2v) is 8.30. The molecule has 172 valence electrons. The third kappa shape index (κ3) is 9.73. The summed E-state index contributed by atoms with van der Waals surface area (Å²) < 4.78 is 0. The molecule has 0 aromatic heterocycles. The van der Waals surface area contributed by atoms with Gasteiger partial charge in [-0.2, -0.15) is 0 Å². The van der Waals surface area contributed by atoms with Gasteiger partial charge in [0.25, 0.3) is 0 Å². The highest BCUT2D eigenvalue weighted by Crippen LogP contribution is 2.35. The maximum atomic E-state index is 11.8. The van der Waals surface area contributed by atoms with E-state index in [1.807, 2.05) is 26.8 Å². The van der Waals surface area contributed by atoms with Gasteiger partial charge in [0.1, 0.15) is 17.1 Å². The fourth-order valence-electron chi connectivity index (χ4n) is 3.47. The zero-order valence-electron chi connectivity index (χ0n) is 18.9. The Labute approximate surface area is 184 Å². The van der Waals surface area contributed by atoms with Gasteiger partial charge in [0.05, 0.1) is 0 Å². The van der Waals surface area contributed by atoms with E-state index in [9.17, 15) is 24.9 Å². The molecule has 0 bridgehead atoms. The molecule has 0 aliphatic carbocycles. The number of benzene rings is 1. The summed E-state index contributed by atoms with van der Waals surface area (Å²) in [5, 5.41) is 39.2. The van der Waals surface area contributed by atoms with Crippen molar-refractivity contribution in [3.05, 3.63) is 46.1 Å². The minimum atomic E-state index is -1.21. The number of aryl methyl sites for hydroxylation is 1. The van der Waals surface area contributed by atoms with Crippen molar-refractivity contribution in [2.45, 2.75) is 85.0 Å². The van der Waals surface area contributed by atoms with E-state index in [1.165, 1.54) is 11.6 Å². The Kier molecular flexibility index (Phi) is 11.5. The molecule has 0 heterocycles. The van der Waals surface area contributed by atoms with Gasteiger partial charge < -0.3 is 20.4 Å². The summed E-state index contributed by atoms with van der Waals surface area (Å²) in [5.74, 6) is -2.46. The van der Waals surface area contributed by atoms with Crippen molar-refractivity contribution < 1.29 is 30.0 Å². The van der Waals surface area contributed by atoms with Crippen LogP contribution in [0.1, 0.15) is 93.6 Å². The van der Waals surface area contributed by atoms with Gasteiger partial charge >= 0.3 is 11.9 Å². The smallest absolute Gasteiger partial charge is 0.339 e. The number of carboxylic acids is 2. The molecule has 0 spiro atoms. The van der Waals surface area contributed by atoms with E-state index in [-0.39, 0.29) is 35.5 Å². The van der Waals surface area contributed by atoms with E-state index in [4.69, 9.17) is 5.11 Å². The summed E-state index contributed by atoms with van der Waals surface area (Å²) in [5.41, 5.74) is 2.87. The average Bonchev–Trinajstić information content (AvgIpc) is 2.65. The lowest BCUT2D eigenvalue weighted by Gasteiger charge is -2.14. The Bertz CT molecular complexity index is 816. The van der Waals surface area contributed by atoms with Crippen LogP contribution in [-0.4, -0.2) is 32.4 Å². The lowest BCUT2D eigenvalue weighted by molar-refractivity contribution is -0.137. The summed E-state index contributed by atoms with van der Waals surface area (Å²) in [6.45, 7) is 6.07. The van der Waals surface area contributed by atoms with Crippen LogP contribution >= 0.6 is 0 Å². The van der Waals surface area contributed by atoms with E-state index in [0.717, 1.165) is 37.7 Å². The lowest BCUT2D eigenvalue weighted by atomic mass is 9.94. The van der Waals surface area contributed by atoms with Crippen molar-refractivity contribution in [1.29, 1.82) is 0 Å². The number of phenolic OH excluding ortho intramolecular Hbond substituents is 1. The molecular weight excluding hydrogens is 396 g/mol. The highest BCUT2D eigenvalue weighted by atomic mass is 16.4. The average molecular weight is 433 g/mol. The van der Waals surface area contributed by atoms with E-state index in [2.05, 4.69) is 6.08 Å². The second-order valence-electron chi connectivity index (χ2n) is 8.30. The molecule has 1 aromatic carbocycles. The SMILES string of the molecule is CC(C)=CCCC(C)=CCc1c(O)cc(CCCCCCCC(=O)O)c(C(=O)O)c1O. The molecule has 1 rings (SSSR count). The van der Waals surface area contributed by atoms with E-state index < -0.39 is 11.9 Å². The number of hydrogen-bond donors (Lipinski definition) is 4. The van der Waals surface area contributed by atoms with Crippen LogP contribution in [0.4, 0.5) is 0 Å². The van der Waals surface area contributed by atoms with Crippen molar-refractivity contribution >= 4 is 11.9 Å². The van der Waals surface area contributed by atoms with Gasteiger partial charge in [-0.1, -0.05) is 42.6 Å². The van der Waals surface area contributed by atoms with Crippen molar-refractivity contribution in [3.8, 4) is 11.5 Å². The summed E-state index contributed by atoms with van der Waals surface area (Å²) in [7, 11) is 0. The van der Waals surface area contributed by atoms with Crippen molar-refractivity contribution in [2.75, 3.05) is 0 Å². The van der Waals surface area contributed by atoms with E-state index in [1.54, 1.807) is 0 Å². The molecule has 6 heteroatoms. The van der Waals surface area contributed by atoms with Crippen molar-refractivity contribution in [2.24, 2.45) is 0 Å². The molecule has 0 saturated carbocycles. The number of allylic oxidation sites excluding steroid dienone is 4. The first-order valence-electron chi connectivity index (χ1n) is 10.9. The zero-order valence-corrected chi connectivity index (χ0v) is 18.9. The number of aromatic hydroxyl groups is 2. The molecule has 0 radical (unpaired) electrons. The van der Waals surface area contributed by atoms with Crippen LogP contribution < -0.4 is 0 Å². The molecule has 31 heavy (non-hydrogen) atoms. The molecule has 0 saturated heterocycles. The Balaban J connectivity index is 2.80. The Morgan fingerprint density at radius 3 is 2.16 bits per heavy atom. The summed E-state index contributed by atoms with van der Waals surface area (Å²) in [6.07, 6.45) is 10.5. The quantitative estimate of drug-likeness (QED) is 0.212. The maximum absolute atomic E-state index is 11.8. The van der Waals surface area contributed by atoms with Crippen LogP contribution in [0, 0.1) is 0 Å². The van der Waals surface area contributed by atoms with Gasteiger partial charge in [0.2, 0.25) is 0 Å². The number of unbranched alkanes of at least 4 members (excludes halogenated alkanes) is 4. The number of phenols is 2. The Morgan fingerprint density at radius 2 is 1.55 bits per heavy atom. The first kappa shape index (κ1) is 26.3. The fourth-order valence-corrected chi connectivity index (χ4v) is 3.47. The minimum Gasteiger partial charge on any atom is -0.508 e. The standard InChI is InChI=1S/C25H36O6/c1-17(2)10-9-11-18(3)14-15-20-21(26)16-19(23(24(20)29)25(30)31)12-7-5-4-6-8-13-22(27)28/h10,14,16,26,29H,4-9,11-13,15H2,1-3H3,(H,27,28)(H,30,31). The molecule has 0 atom stereocenters. The van der Waals surface area contributed by atoms with Gasteiger partial charge in [0, 0.05) is 12.0 Å². The largest absolute Gasteiger partial charge is 0.508 e. The minimum absolute atomic E-state index is 0.0905. The monoisotopic (exact) mass is 432 g/mol. The van der Waals surface area contributed by atoms with Gasteiger partial charge in [-0.3, -0.25) is 4.79 Å². The highest BCUT2D eigenvalue weighted by Gasteiger charge is 2.21. The van der Waals surface area contributed by atoms with Crippen molar-refractivity contribution in [1.82, 2.24) is 0 Å². The molecule has 0 aliphatic heterocycles. The number of carbonyl (C=O) groups is 2. The second kappa shape index (κ2) is 13.5. The van der Waals surface area contributed by atoms with Crippen LogP contribution in [0.3, 0.4) is 0 Å². The predicted molar refractivity (Wildman–Crippen MR) is 122 cm³/mol. The van der Waals surface area contributed by atoms with Gasteiger partial charge in [-0.15, -0.1) is 0 Å². The summed E-state index contributed by atoms with van der Waals surface area (Å²) >= 11 is 0. The number of aromatic carboxylic acids is 1. The maximum Gasteiger partial charge on any atom is 0.339 e. The van der Waals surface area contributed by atoms with Gasteiger partial charge in [0.15, 0.2) is 0 Å². The predicted octanol–water partition coefficient (Wildman–Crippen LogP) is 6.00. The third-order valence-corrected chi connectivity index (χ3v) is 5.26.